The number of nitrogens with zero attached hydrogens (tertiary/aromatic N) is 3. The Labute approximate surface area is 206 Å². The Morgan fingerprint density at radius 3 is 2.89 bits per heavy atom. The van der Waals surface area contributed by atoms with E-state index in [1.807, 2.05) is 66.9 Å². The highest BCUT2D eigenvalue weighted by molar-refractivity contribution is 6.02. The highest BCUT2D eigenvalue weighted by atomic mass is 16.5. The van der Waals surface area contributed by atoms with Crippen LogP contribution in [-0.4, -0.2) is 41.6 Å². The van der Waals surface area contributed by atoms with Gasteiger partial charge in [-0.05, 0) is 49.6 Å². The molecule has 0 spiro atoms. The molecule has 2 heterocycles. The Hall–Kier alpha value is -3.89. The van der Waals surface area contributed by atoms with Crippen LogP contribution in [0, 0.1) is 11.3 Å². The molecule has 1 fully saturated rings. The fourth-order valence-electron chi connectivity index (χ4n) is 3.91. The SMILES string of the molecule is CCCCOc1cccc(-c2nn(-c3ccccc3)cc2/C=C(/C#N)C(=O)NCC2CCCO2)c1. The number of nitrogens with one attached hydrogen (secondary N) is 1. The van der Waals surface area contributed by atoms with Crippen molar-refractivity contribution in [2.75, 3.05) is 19.8 Å². The van der Waals surface area contributed by atoms with Crippen LogP contribution >= 0.6 is 0 Å². The van der Waals surface area contributed by atoms with Crippen LogP contribution in [0.2, 0.25) is 0 Å². The molecule has 7 heteroatoms. The summed E-state index contributed by atoms with van der Waals surface area (Å²) in [6.45, 7) is 3.88. The zero-order valence-electron chi connectivity index (χ0n) is 19.9. The summed E-state index contributed by atoms with van der Waals surface area (Å²) in [5.41, 5.74) is 3.08. The van der Waals surface area contributed by atoms with Crippen LogP contribution in [0.25, 0.3) is 23.0 Å². The van der Waals surface area contributed by atoms with Crippen LogP contribution in [0.5, 0.6) is 5.75 Å². The summed E-state index contributed by atoms with van der Waals surface area (Å²) in [7, 11) is 0. The van der Waals surface area contributed by atoms with Gasteiger partial charge in [0.25, 0.3) is 5.91 Å². The summed E-state index contributed by atoms with van der Waals surface area (Å²) in [5.74, 6) is 0.341. The van der Waals surface area contributed by atoms with Gasteiger partial charge in [0.15, 0.2) is 0 Å². The molecule has 4 rings (SSSR count). The molecule has 1 aliphatic rings. The number of unbranched alkanes of at least 4 members (excludes halogenated alkanes) is 1. The molecule has 1 N–H and O–H groups in total. The van der Waals surface area contributed by atoms with Crippen molar-refractivity contribution in [3.63, 3.8) is 0 Å². The van der Waals surface area contributed by atoms with E-state index in [1.54, 1.807) is 10.8 Å². The van der Waals surface area contributed by atoms with Crippen LogP contribution in [-0.2, 0) is 9.53 Å². The summed E-state index contributed by atoms with van der Waals surface area (Å²) in [6.07, 6.45) is 7.37. The van der Waals surface area contributed by atoms with Gasteiger partial charge in [0.05, 0.1) is 18.4 Å². The second-order valence-electron chi connectivity index (χ2n) is 8.46. The highest BCUT2D eigenvalue weighted by Gasteiger charge is 2.19. The van der Waals surface area contributed by atoms with E-state index in [4.69, 9.17) is 14.6 Å². The number of aromatic nitrogens is 2. The Morgan fingerprint density at radius 1 is 1.29 bits per heavy atom. The number of hydrogen-bond donors (Lipinski definition) is 1. The number of ether oxygens (including phenoxy) is 2. The quantitative estimate of drug-likeness (QED) is 0.258. The monoisotopic (exact) mass is 470 g/mol. The molecule has 1 aliphatic heterocycles. The molecule has 1 unspecified atom stereocenters. The van der Waals surface area contributed by atoms with Gasteiger partial charge in [-0.2, -0.15) is 10.4 Å². The van der Waals surface area contributed by atoms with Crippen molar-refractivity contribution in [1.82, 2.24) is 15.1 Å². The van der Waals surface area contributed by atoms with Crippen molar-refractivity contribution in [3.05, 3.63) is 71.9 Å². The maximum atomic E-state index is 12.8. The molecule has 0 aliphatic carbocycles. The standard InChI is InChI=1S/C28H30N4O3/c1-2-3-14-34-25-12-7-9-21(17-25)27-23(20-32(31-27)24-10-5-4-6-11-24)16-22(18-29)28(33)30-19-26-13-8-15-35-26/h4-7,9-12,16-17,20,26H,2-3,8,13-15,19H2,1H3,(H,30,33)/b22-16-. The second kappa shape index (κ2) is 12.0. The lowest BCUT2D eigenvalue weighted by Gasteiger charge is -2.10. The summed E-state index contributed by atoms with van der Waals surface area (Å²) >= 11 is 0. The van der Waals surface area contributed by atoms with E-state index in [2.05, 4.69) is 12.2 Å². The molecule has 3 aromatic rings. The Bertz CT molecular complexity index is 1200. The van der Waals surface area contributed by atoms with Gasteiger partial charge in [-0.1, -0.05) is 43.7 Å². The molecule has 0 saturated carbocycles. The molecule has 0 radical (unpaired) electrons. The fraction of sp³-hybridized carbons (Fsp3) is 0.321. The molecule has 35 heavy (non-hydrogen) atoms. The first-order valence-electron chi connectivity index (χ1n) is 12.1. The summed E-state index contributed by atoms with van der Waals surface area (Å²) in [5, 5.41) is 17.4. The lowest BCUT2D eigenvalue weighted by molar-refractivity contribution is -0.117. The van der Waals surface area contributed by atoms with E-state index in [0.29, 0.717) is 31.0 Å². The predicted octanol–water partition coefficient (Wildman–Crippen LogP) is 4.92. The molecule has 2 aromatic carbocycles. The van der Waals surface area contributed by atoms with E-state index in [-0.39, 0.29) is 11.7 Å². The van der Waals surface area contributed by atoms with Gasteiger partial charge in [0.1, 0.15) is 23.1 Å². The third kappa shape index (κ3) is 6.37. The summed E-state index contributed by atoms with van der Waals surface area (Å²) in [4.78, 5) is 12.8. The van der Waals surface area contributed by atoms with E-state index in [1.165, 1.54) is 0 Å². The molecule has 1 amide bonds. The number of carbonyl (C=O) groups excluding carboxylic acids is 1. The van der Waals surface area contributed by atoms with E-state index in [9.17, 15) is 10.1 Å². The number of amides is 1. The van der Waals surface area contributed by atoms with E-state index < -0.39 is 5.91 Å². The highest BCUT2D eigenvalue weighted by Crippen LogP contribution is 2.28. The Kier molecular flexibility index (Phi) is 8.31. The minimum absolute atomic E-state index is 0.00531. The van der Waals surface area contributed by atoms with Gasteiger partial charge in [-0.3, -0.25) is 4.79 Å². The number of rotatable bonds is 10. The minimum atomic E-state index is -0.418. The molecular formula is C28H30N4O3. The van der Waals surface area contributed by atoms with Gasteiger partial charge >= 0.3 is 0 Å². The first kappa shape index (κ1) is 24.2. The number of benzene rings is 2. The third-order valence-corrected chi connectivity index (χ3v) is 5.82. The van der Waals surface area contributed by atoms with Gasteiger partial charge in [0.2, 0.25) is 0 Å². The second-order valence-corrected chi connectivity index (χ2v) is 8.46. The van der Waals surface area contributed by atoms with Crippen molar-refractivity contribution in [1.29, 1.82) is 5.26 Å². The maximum absolute atomic E-state index is 12.8. The smallest absolute Gasteiger partial charge is 0.262 e. The number of carbonyl (C=O) groups is 1. The van der Waals surface area contributed by atoms with Gasteiger partial charge < -0.3 is 14.8 Å². The lowest BCUT2D eigenvalue weighted by atomic mass is 10.1. The van der Waals surface area contributed by atoms with Crippen LogP contribution < -0.4 is 10.1 Å². The lowest BCUT2D eigenvalue weighted by Crippen LogP contribution is -2.32. The predicted molar refractivity (Wildman–Crippen MR) is 135 cm³/mol. The van der Waals surface area contributed by atoms with Crippen molar-refractivity contribution in [2.45, 2.75) is 38.7 Å². The number of hydrogen-bond acceptors (Lipinski definition) is 5. The van der Waals surface area contributed by atoms with Gasteiger partial charge in [-0.25, -0.2) is 4.68 Å². The number of nitriles is 1. The Balaban J connectivity index is 1.66. The van der Waals surface area contributed by atoms with E-state index in [0.717, 1.165) is 42.7 Å². The average Bonchev–Trinajstić information content (AvgIpc) is 3.57. The number of para-hydroxylation sites is 1. The van der Waals surface area contributed by atoms with Crippen molar-refractivity contribution in [3.8, 4) is 28.8 Å². The fourth-order valence-corrected chi connectivity index (χ4v) is 3.91. The van der Waals surface area contributed by atoms with Crippen LogP contribution in [0.4, 0.5) is 0 Å². The molecule has 7 nitrogen and oxygen atoms in total. The molecule has 1 aromatic heterocycles. The zero-order chi connectivity index (χ0) is 24.5. The molecule has 1 saturated heterocycles. The minimum Gasteiger partial charge on any atom is -0.494 e. The van der Waals surface area contributed by atoms with Crippen molar-refractivity contribution >= 4 is 12.0 Å². The van der Waals surface area contributed by atoms with Crippen molar-refractivity contribution in [2.24, 2.45) is 0 Å². The van der Waals surface area contributed by atoms with Crippen LogP contribution in [0.1, 0.15) is 38.2 Å². The van der Waals surface area contributed by atoms with Gasteiger partial charge in [-0.15, -0.1) is 0 Å². The molecule has 0 bridgehead atoms. The summed E-state index contributed by atoms with van der Waals surface area (Å²) < 4.78 is 13.2. The first-order chi connectivity index (χ1) is 17.2. The van der Waals surface area contributed by atoms with Gasteiger partial charge in [0, 0.05) is 30.5 Å². The summed E-state index contributed by atoms with van der Waals surface area (Å²) in [6, 6.07) is 19.5. The average molecular weight is 471 g/mol. The topological polar surface area (TPSA) is 89.2 Å². The maximum Gasteiger partial charge on any atom is 0.262 e. The van der Waals surface area contributed by atoms with Crippen LogP contribution in [0.15, 0.2) is 66.4 Å². The normalized spacial score (nSPS) is 15.5. The van der Waals surface area contributed by atoms with Crippen molar-refractivity contribution < 1.29 is 14.3 Å². The first-order valence-corrected chi connectivity index (χ1v) is 12.1. The van der Waals surface area contributed by atoms with E-state index >= 15 is 0 Å². The van der Waals surface area contributed by atoms with Crippen LogP contribution in [0.3, 0.4) is 0 Å². The molecule has 1 atom stereocenters. The zero-order valence-corrected chi connectivity index (χ0v) is 19.9. The Morgan fingerprint density at radius 2 is 2.14 bits per heavy atom. The molecular weight excluding hydrogens is 440 g/mol. The largest absolute Gasteiger partial charge is 0.494 e. The molecule has 180 valence electrons. The third-order valence-electron chi connectivity index (χ3n) is 5.82.